The first-order valence-electron chi connectivity index (χ1n) is 12.8. The van der Waals surface area contributed by atoms with Gasteiger partial charge in [0.1, 0.15) is 12.4 Å². The zero-order chi connectivity index (χ0) is 25.1. The Hall–Kier alpha value is -1.32. The monoisotopic (exact) mass is 549 g/mol. The van der Waals surface area contributed by atoms with Crippen LogP contribution in [0, 0.1) is 40.4 Å². The molecule has 1 heterocycles. The third kappa shape index (κ3) is 4.19. The molecule has 0 bridgehead atoms. The van der Waals surface area contributed by atoms with Gasteiger partial charge in [-0.05, 0) is 83.0 Å². The van der Waals surface area contributed by atoms with Crippen molar-refractivity contribution in [2.45, 2.75) is 57.1 Å². The summed E-state index contributed by atoms with van der Waals surface area (Å²) in [5.74, 6) is 0.311. The number of fused-ring (bicyclic) bond motifs is 5. The van der Waals surface area contributed by atoms with Crippen molar-refractivity contribution >= 4 is 27.5 Å². The number of allylic oxidation sites excluding steroid dienone is 4. The molecule has 192 valence electrons. The van der Waals surface area contributed by atoms with Crippen LogP contribution in [0.2, 0.25) is 0 Å². The van der Waals surface area contributed by atoms with Crippen LogP contribution in [0.25, 0.3) is 0 Å². The summed E-state index contributed by atoms with van der Waals surface area (Å²) < 4.78 is 5.66. The molecular weight excluding hydrogens is 514 g/mol. The van der Waals surface area contributed by atoms with Gasteiger partial charge in [0.25, 0.3) is 0 Å². The van der Waals surface area contributed by atoms with Crippen molar-refractivity contribution < 1.29 is 29.7 Å². The van der Waals surface area contributed by atoms with E-state index in [9.17, 15) is 25.0 Å². The number of carbonyl (C=O) groups is 2. The van der Waals surface area contributed by atoms with Crippen LogP contribution < -0.4 is 0 Å². The fourth-order valence-corrected chi connectivity index (χ4v) is 8.95. The number of ketones is 2. The molecule has 0 amide bonds. The Bertz CT molecular complexity index is 992. The number of nitrogens with zero attached hydrogens (tertiary/aromatic N) is 1. The largest absolute Gasteiger partial charge is 0.482 e. The van der Waals surface area contributed by atoms with Gasteiger partial charge in [-0.15, -0.1) is 0 Å². The molecule has 2 unspecified atom stereocenters. The summed E-state index contributed by atoms with van der Waals surface area (Å²) in [6.45, 7) is 4.26. The lowest BCUT2D eigenvalue weighted by molar-refractivity contribution is -0.145. The van der Waals surface area contributed by atoms with Crippen LogP contribution in [0.4, 0.5) is 0 Å². The van der Waals surface area contributed by atoms with Gasteiger partial charge in [0.2, 0.25) is 0 Å². The van der Waals surface area contributed by atoms with Gasteiger partial charge in [0.15, 0.2) is 16.6 Å². The summed E-state index contributed by atoms with van der Waals surface area (Å²) in [4.78, 5) is 25.2. The van der Waals surface area contributed by atoms with Gasteiger partial charge in [-0.2, -0.15) is 5.06 Å². The first-order chi connectivity index (χ1) is 16.6. The van der Waals surface area contributed by atoms with E-state index in [1.54, 1.807) is 12.2 Å². The number of aliphatic hydroxyl groups is 2. The summed E-state index contributed by atoms with van der Waals surface area (Å²) in [6.07, 6.45) is 10.3. The summed E-state index contributed by atoms with van der Waals surface area (Å²) in [7, 11) is 0. The van der Waals surface area contributed by atoms with Gasteiger partial charge in [0.05, 0.1) is 12.6 Å². The van der Waals surface area contributed by atoms with Crippen molar-refractivity contribution in [2.24, 2.45) is 40.4 Å². The molecule has 3 N–H and O–H groups in total. The zero-order valence-corrected chi connectivity index (χ0v) is 22.0. The second kappa shape index (κ2) is 9.21. The second-order valence-corrected chi connectivity index (χ2v) is 12.7. The number of rotatable bonds is 6. The Morgan fingerprint density at radius 2 is 2.11 bits per heavy atom. The molecule has 35 heavy (non-hydrogen) atoms. The minimum absolute atomic E-state index is 0.0104. The second-order valence-electron chi connectivity index (χ2n) is 11.7. The highest BCUT2D eigenvalue weighted by molar-refractivity contribution is 9.09. The average molecular weight is 550 g/mol. The van der Waals surface area contributed by atoms with Gasteiger partial charge in [-0.3, -0.25) is 9.59 Å². The number of hydrogen-bond acceptors (Lipinski definition) is 7. The van der Waals surface area contributed by atoms with E-state index in [-0.39, 0.29) is 52.2 Å². The van der Waals surface area contributed by atoms with Crippen LogP contribution >= 0.6 is 15.9 Å². The Labute approximate surface area is 215 Å². The Balaban J connectivity index is 1.42. The van der Waals surface area contributed by atoms with Gasteiger partial charge >= 0.3 is 0 Å². The topological polar surface area (TPSA) is 107 Å². The number of carbonyl (C=O) groups excluding carboxylic acids is 2. The number of alkyl halides is 1. The lowest BCUT2D eigenvalue weighted by Gasteiger charge is -2.58. The molecule has 0 aromatic heterocycles. The van der Waals surface area contributed by atoms with Gasteiger partial charge < -0.3 is 20.2 Å². The molecule has 0 spiro atoms. The van der Waals surface area contributed by atoms with Gasteiger partial charge in [-0.1, -0.05) is 25.5 Å². The molecule has 3 fully saturated rings. The molecule has 7 nitrogen and oxygen atoms in total. The fourth-order valence-electron chi connectivity index (χ4n) is 8.52. The van der Waals surface area contributed by atoms with E-state index in [4.69, 9.17) is 4.74 Å². The number of Topliss-reactive ketones (excluding diaryl/α,β-unsaturated/α-hetero) is 1. The molecule has 5 aliphatic rings. The molecule has 4 aliphatic carbocycles. The van der Waals surface area contributed by atoms with E-state index in [0.717, 1.165) is 31.3 Å². The summed E-state index contributed by atoms with van der Waals surface area (Å²) in [6, 6.07) is 0. The third-order valence-corrected chi connectivity index (χ3v) is 10.3. The average Bonchev–Trinajstić information content (AvgIpc) is 3.32. The third-order valence-electron chi connectivity index (χ3n) is 9.77. The quantitative estimate of drug-likeness (QED) is 0.344. The Morgan fingerprint density at radius 1 is 1.34 bits per heavy atom. The van der Waals surface area contributed by atoms with E-state index in [1.165, 1.54) is 5.06 Å². The molecule has 5 rings (SSSR count). The highest BCUT2D eigenvalue weighted by Crippen LogP contribution is 2.67. The molecule has 3 saturated carbocycles. The van der Waals surface area contributed by atoms with Crippen molar-refractivity contribution in [3.8, 4) is 0 Å². The Morgan fingerprint density at radius 3 is 2.80 bits per heavy atom. The fraction of sp³-hybridized carbons (Fsp3) is 0.704. The normalized spacial score (nSPS) is 44.3. The first-order valence-corrected chi connectivity index (χ1v) is 13.7. The van der Waals surface area contributed by atoms with Crippen molar-refractivity contribution in [3.63, 3.8) is 0 Å². The standard InChI is InChI=1S/C27H36BrNO6/c1-26-8-7-17(31)10-16(26)3-5-19-20-9-15(12-29(34)13-18-4-6-23(28)35-18)24(22(33)14-30)27(20,2)11-21(32)25(19)26/h4,7-8,10,15,19-21,23-25,30,32,34H,3,5-6,9,11-14H2,1-2H3/t15-,19-,20?,21-,23?,24+,25+,26-,27-/m0/s1. The predicted molar refractivity (Wildman–Crippen MR) is 132 cm³/mol. The van der Waals surface area contributed by atoms with Crippen molar-refractivity contribution in [2.75, 3.05) is 19.7 Å². The summed E-state index contributed by atoms with van der Waals surface area (Å²) in [5, 5.41) is 33.3. The Kier molecular flexibility index (Phi) is 6.67. The SMILES string of the molecule is C[C@]12C=CC(=O)C=C1CC[C@H]1C3C[C@@H](CN(O)CC4=CCC(Br)O4)[C@H](C(=O)CO)[C@@]3(C)C[C@H](O)[C@@H]12. The number of hydroxylamine groups is 2. The number of hydrogen-bond donors (Lipinski definition) is 3. The van der Waals surface area contributed by atoms with Crippen LogP contribution in [-0.4, -0.2) is 62.9 Å². The molecule has 8 heteroatoms. The number of halogens is 1. The predicted octanol–water partition coefficient (Wildman–Crippen LogP) is 3.39. The van der Waals surface area contributed by atoms with E-state index >= 15 is 0 Å². The maximum absolute atomic E-state index is 13.1. The lowest BCUT2D eigenvalue weighted by atomic mass is 9.46. The van der Waals surface area contributed by atoms with Gasteiger partial charge in [-0.25, -0.2) is 0 Å². The van der Waals surface area contributed by atoms with Crippen molar-refractivity contribution in [1.29, 1.82) is 0 Å². The highest BCUT2D eigenvalue weighted by Gasteiger charge is 2.64. The van der Waals surface area contributed by atoms with Crippen molar-refractivity contribution in [3.05, 3.63) is 35.6 Å². The molecular formula is C27H36BrNO6. The minimum Gasteiger partial charge on any atom is -0.482 e. The van der Waals surface area contributed by atoms with Crippen LogP contribution in [0.1, 0.15) is 46.0 Å². The van der Waals surface area contributed by atoms with E-state index in [2.05, 4.69) is 29.8 Å². The smallest absolute Gasteiger partial charge is 0.178 e. The maximum Gasteiger partial charge on any atom is 0.178 e. The molecule has 0 aromatic rings. The molecule has 0 aromatic carbocycles. The van der Waals surface area contributed by atoms with E-state index in [1.807, 2.05) is 12.2 Å². The van der Waals surface area contributed by atoms with Crippen LogP contribution in [0.3, 0.4) is 0 Å². The molecule has 9 atom stereocenters. The summed E-state index contributed by atoms with van der Waals surface area (Å²) in [5.41, 5.74) is 0.276. The highest BCUT2D eigenvalue weighted by atomic mass is 79.9. The lowest BCUT2D eigenvalue weighted by Crippen LogP contribution is -2.56. The van der Waals surface area contributed by atoms with Gasteiger partial charge in [0, 0.05) is 30.2 Å². The van der Waals surface area contributed by atoms with Crippen LogP contribution in [0.5, 0.6) is 0 Å². The first kappa shape index (κ1) is 25.3. The zero-order valence-electron chi connectivity index (χ0n) is 20.4. The molecule has 0 radical (unpaired) electrons. The molecule has 0 saturated heterocycles. The maximum atomic E-state index is 13.1. The van der Waals surface area contributed by atoms with E-state index < -0.39 is 24.0 Å². The van der Waals surface area contributed by atoms with Crippen LogP contribution in [-0.2, 0) is 14.3 Å². The minimum atomic E-state index is -0.612. The molecule has 1 aliphatic heterocycles. The van der Waals surface area contributed by atoms with E-state index in [0.29, 0.717) is 18.7 Å². The number of aliphatic hydroxyl groups excluding tert-OH is 2. The number of ether oxygens (including phenoxy) is 1. The summed E-state index contributed by atoms with van der Waals surface area (Å²) >= 11 is 3.42. The van der Waals surface area contributed by atoms with Crippen molar-refractivity contribution in [1.82, 2.24) is 5.06 Å². The van der Waals surface area contributed by atoms with Crippen LogP contribution in [0.15, 0.2) is 35.6 Å².